The first-order valence-electron chi connectivity index (χ1n) is 9.71. The highest BCUT2D eigenvalue weighted by Crippen LogP contribution is 2.23. The van der Waals surface area contributed by atoms with E-state index in [2.05, 4.69) is 10.3 Å². The quantitative estimate of drug-likeness (QED) is 0.627. The van der Waals surface area contributed by atoms with Gasteiger partial charge in [0.2, 0.25) is 0 Å². The Balaban J connectivity index is 1.37. The summed E-state index contributed by atoms with van der Waals surface area (Å²) in [6.45, 7) is 1.80. The number of hydrogen-bond donors (Lipinski definition) is 0. The van der Waals surface area contributed by atoms with Crippen LogP contribution in [-0.4, -0.2) is 38.3 Å². The summed E-state index contributed by atoms with van der Waals surface area (Å²) in [6, 6.07) is 13.3. The van der Waals surface area contributed by atoms with Crippen molar-refractivity contribution < 1.29 is 14.1 Å². The monoisotopic (exact) mass is 380 g/mol. The van der Waals surface area contributed by atoms with Crippen molar-refractivity contribution in [3.8, 4) is 5.75 Å². The van der Waals surface area contributed by atoms with E-state index in [-0.39, 0.29) is 18.6 Å². The predicted molar refractivity (Wildman–Crippen MR) is 103 cm³/mol. The molecule has 1 aromatic carbocycles. The zero-order valence-electron chi connectivity index (χ0n) is 15.7. The molecule has 0 radical (unpaired) electrons. The fourth-order valence-electron chi connectivity index (χ4n) is 3.58. The lowest BCUT2D eigenvalue weighted by atomic mass is 9.99. The largest absolute Gasteiger partial charge is 0.486 e. The summed E-state index contributed by atoms with van der Waals surface area (Å²) in [7, 11) is 0. The third kappa shape index (κ3) is 4.42. The van der Waals surface area contributed by atoms with Gasteiger partial charge >= 0.3 is 0 Å². The minimum atomic E-state index is -0.0696. The number of carbonyl (C=O) groups is 1. The second-order valence-electron chi connectivity index (χ2n) is 6.99. The van der Waals surface area contributed by atoms with Crippen molar-refractivity contribution in [2.75, 3.05) is 6.54 Å². The van der Waals surface area contributed by atoms with Crippen LogP contribution in [-0.2, 0) is 13.2 Å². The molecule has 1 fully saturated rings. The number of aryl methyl sites for hydroxylation is 1. The van der Waals surface area contributed by atoms with Crippen molar-refractivity contribution >= 4 is 5.91 Å². The van der Waals surface area contributed by atoms with Crippen LogP contribution in [0.2, 0.25) is 0 Å². The van der Waals surface area contributed by atoms with E-state index >= 15 is 0 Å². The molecule has 0 spiro atoms. The van der Waals surface area contributed by atoms with Gasteiger partial charge in [-0.05, 0) is 43.9 Å². The third-order valence-corrected chi connectivity index (χ3v) is 5.04. The van der Waals surface area contributed by atoms with Gasteiger partial charge in [0.05, 0.1) is 0 Å². The molecule has 1 aliphatic rings. The molecule has 1 atom stereocenters. The molecule has 1 amide bonds. The van der Waals surface area contributed by atoms with E-state index < -0.39 is 0 Å². The first kappa shape index (κ1) is 18.3. The van der Waals surface area contributed by atoms with E-state index in [1.54, 1.807) is 12.3 Å². The highest BCUT2D eigenvalue weighted by atomic mass is 16.5. The number of para-hydroxylation sites is 1. The Morgan fingerprint density at radius 3 is 2.93 bits per heavy atom. The van der Waals surface area contributed by atoms with Crippen LogP contribution in [0.15, 0.2) is 59.4 Å². The van der Waals surface area contributed by atoms with Crippen LogP contribution in [0.5, 0.6) is 5.75 Å². The van der Waals surface area contributed by atoms with Gasteiger partial charge < -0.3 is 14.2 Å². The number of amides is 1. The maximum atomic E-state index is 13.0. The Labute approximate surface area is 163 Å². The smallest absolute Gasteiger partial charge is 0.276 e. The summed E-state index contributed by atoms with van der Waals surface area (Å²) >= 11 is 0. The fraction of sp³-hybridized carbons (Fsp3) is 0.381. The van der Waals surface area contributed by atoms with Crippen molar-refractivity contribution in [3.63, 3.8) is 0 Å². The van der Waals surface area contributed by atoms with Crippen LogP contribution in [0.25, 0.3) is 0 Å². The predicted octanol–water partition coefficient (Wildman–Crippen LogP) is 3.54. The van der Waals surface area contributed by atoms with E-state index in [1.165, 1.54) is 0 Å². The van der Waals surface area contributed by atoms with Gasteiger partial charge in [0, 0.05) is 37.6 Å². The summed E-state index contributed by atoms with van der Waals surface area (Å²) < 4.78 is 12.9. The second-order valence-corrected chi connectivity index (χ2v) is 6.99. The normalized spacial score (nSPS) is 16.9. The summed E-state index contributed by atoms with van der Waals surface area (Å²) in [5.74, 6) is 1.22. The Kier molecular flexibility index (Phi) is 5.70. The number of aromatic nitrogens is 3. The molecule has 1 saturated heterocycles. The average Bonchev–Trinajstić information content (AvgIpc) is 3.43. The topological polar surface area (TPSA) is 73.4 Å². The Morgan fingerprint density at radius 1 is 1.21 bits per heavy atom. The second kappa shape index (κ2) is 8.73. The molecule has 28 heavy (non-hydrogen) atoms. The zero-order chi connectivity index (χ0) is 19.2. The third-order valence-electron chi connectivity index (χ3n) is 5.04. The van der Waals surface area contributed by atoms with Gasteiger partial charge in [-0.1, -0.05) is 23.4 Å². The number of benzene rings is 1. The van der Waals surface area contributed by atoms with Gasteiger partial charge in [0.1, 0.15) is 12.4 Å². The van der Waals surface area contributed by atoms with Crippen molar-refractivity contribution in [2.45, 2.75) is 44.9 Å². The van der Waals surface area contributed by atoms with Gasteiger partial charge in [0.15, 0.2) is 11.5 Å². The molecule has 3 aromatic rings. The SMILES string of the molecule is O=C(c1cc(COc2ccccc2)on1)N1CCCCC1CCn1cccn1. The first-order valence-corrected chi connectivity index (χ1v) is 9.71. The van der Waals surface area contributed by atoms with Crippen LogP contribution in [0.3, 0.4) is 0 Å². The average molecular weight is 380 g/mol. The zero-order valence-corrected chi connectivity index (χ0v) is 15.7. The number of likely N-dealkylation sites (tertiary alicyclic amines) is 1. The lowest BCUT2D eigenvalue weighted by Crippen LogP contribution is -2.44. The molecule has 1 aliphatic heterocycles. The van der Waals surface area contributed by atoms with Crippen LogP contribution in [0, 0.1) is 0 Å². The molecular weight excluding hydrogens is 356 g/mol. The van der Waals surface area contributed by atoms with E-state index in [4.69, 9.17) is 9.26 Å². The minimum absolute atomic E-state index is 0.0696. The van der Waals surface area contributed by atoms with Crippen LogP contribution >= 0.6 is 0 Å². The summed E-state index contributed by atoms with van der Waals surface area (Å²) in [5, 5.41) is 8.23. The molecule has 2 aromatic heterocycles. The number of piperidine rings is 1. The number of hydrogen-bond acceptors (Lipinski definition) is 5. The number of carbonyl (C=O) groups excluding carboxylic acids is 1. The molecule has 0 N–H and O–H groups in total. The molecule has 0 aliphatic carbocycles. The maximum Gasteiger partial charge on any atom is 0.276 e. The first-order chi connectivity index (χ1) is 13.8. The number of nitrogens with zero attached hydrogens (tertiary/aromatic N) is 4. The standard InChI is InChI=1S/C21H24N4O3/c26-21(20-15-19(28-23-20)16-27-18-8-2-1-3-9-18)25-13-5-4-7-17(25)10-14-24-12-6-11-22-24/h1-3,6,8-9,11-12,15,17H,4-5,7,10,13-14,16H2. The fourth-order valence-corrected chi connectivity index (χ4v) is 3.58. The Bertz CT molecular complexity index is 876. The molecule has 0 saturated carbocycles. The van der Waals surface area contributed by atoms with E-state index in [1.807, 2.05) is 52.2 Å². The summed E-state index contributed by atoms with van der Waals surface area (Å²) in [6.07, 6.45) is 7.78. The van der Waals surface area contributed by atoms with Crippen LogP contribution in [0.1, 0.15) is 41.9 Å². The van der Waals surface area contributed by atoms with E-state index in [9.17, 15) is 4.79 Å². The van der Waals surface area contributed by atoms with Crippen LogP contribution < -0.4 is 4.74 Å². The lowest BCUT2D eigenvalue weighted by Gasteiger charge is -2.35. The number of ether oxygens (including phenoxy) is 1. The highest BCUT2D eigenvalue weighted by molar-refractivity contribution is 5.92. The van der Waals surface area contributed by atoms with E-state index in [0.29, 0.717) is 11.5 Å². The highest BCUT2D eigenvalue weighted by Gasteiger charge is 2.29. The number of rotatable bonds is 7. The van der Waals surface area contributed by atoms with Crippen molar-refractivity contribution in [1.82, 2.24) is 19.8 Å². The molecule has 3 heterocycles. The molecule has 7 heteroatoms. The molecular formula is C21H24N4O3. The van der Waals surface area contributed by atoms with Gasteiger partial charge in [-0.3, -0.25) is 9.48 Å². The molecule has 1 unspecified atom stereocenters. The van der Waals surface area contributed by atoms with Crippen molar-refractivity contribution in [3.05, 3.63) is 66.3 Å². The Morgan fingerprint density at radius 2 is 2.11 bits per heavy atom. The van der Waals surface area contributed by atoms with Crippen molar-refractivity contribution in [2.24, 2.45) is 0 Å². The minimum Gasteiger partial charge on any atom is -0.486 e. The summed E-state index contributed by atoms with van der Waals surface area (Å²) in [5.41, 5.74) is 0.345. The van der Waals surface area contributed by atoms with E-state index in [0.717, 1.165) is 44.5 Å². The summed E-state index contributed by atoms with van der Waals surface area (Å²) in [4.78, 5) is 14.9. The molecule has 146 valence electrons. The lowest BCUT2D eigenvalue weighted by molar-refractivity contribution is 0.0583. The molecule has 7 nitrogen and oxygen atoms in total. The van der Waals surface area contributed by atoms with Gasteiger partial charge in [-0.2, -0.15) is 5.10 Å². The maximum absolute atomic E-state index is 13.0. The van der Waals surface area contributed by atoms with Crippen molar-refractivity contribution in [1.29, 1.82) is 0 Å². The molecule has 0 bridgehead atoms. The van der Waals surface area contributed by atoms with Gasteiger partial charge in [-0.25, -0.2) is 0 Å². The van der Waals surface area contributed by atoms with Crippen LogP contribution in [0.4, 0.5) is 0 Å². The van der Waals surface area contributed by atoms with Gasteiger partial charge in [0.25, 0.3) is 5.91 Å². The molecule has 4 rings (SSSR count). The Hall–Kier alpha value is -3.09. The van der Waals surface area contributed by atoms with Gasteiger partial charge in [-0.15, -0.1) is 0 Å².